The van der Waals surface area contributed by atoms with Gasteiger partial charge in [-0.15, -0.1) is 0 Å². The van der Waals surface area contributed by atoms with E-state index < -0.39 is 0 Å². The van der Waals surface area contributed by atoms with Crippen LogP contribution in [0.2, 0.25) is 0 Å². The van der Waals surface area contributed by atoms with Crippen LogP contribution >= 0.6 is 15.9 Å². The summed E-state index contributed by atoms with van der Waals surface area (Å²) in [5.41, 5.74) is 7.02. The van der Waals surface area contributed by atoms with Crippen LogP contribution in [0.15, 0.2) is 22.7 Å². The quantitative estimate of drug-likeness (QED) is 0.838. The van der Waals surface area contributed by atoms with E-state index in [2.05, 4.69) is 22.0 Å². The molecule has 14 heavy (non-hydrogen) atoms. The third kappa shape index (κ3) is 1.93. The van der Waals surface area contributed by atoms with Crippen molar-refractivity contribution in [3.05, 3.63) is 28.2 Å². The van der Waals surface area contributed by atoms with Crippen molar-refractivity contribution in [2.24, 2.45) is 5.73 Å². The Morgan fingerprint density at radius 3 is 3.14 bits per heavy atom. The van der Waals surface area contributed by atoms with Gasteiger partial charge in [0.15, 0.2) is 0 Å². The minimum atomic E-state index is 0.449. The maximum Gasteiger partial charge on any atom is 0.122 e. The first-order chi connectivity index (χ1) is 6.81. The molecule has 2 N–H and O–H groups in total. The molecule has 2 rings (SSSR count). The molecule has 0 aliphatic carbocycles. The molecule has 1 atom stereocenters. The second-order valence-corrected chi connectivity index (χ2v) is 4.52. The van der Waals surface area contributed by atoms with Crippen molar-refractivity contribution in [1.82, 2.24) is 0 Å². The number of fused-ring (bicyclic) bond motifs is 1. The fourth-order valence-electron chi connectivity index (χ4n) is 1.88. The lowest BCUT2D eigenvalue weighted by molar-refractivity contribution is 0.316. The SMILES string of the molecule is NCC1CCCOc2ccc(Br)cc21. The summed E-state index contributed by atoms with van der Waals surface area (Å²) in [4.78, 5) is 0. The van der Waals surface area contributed by atoms with Crippen molar-refractivity contribution < 1.29 is 4.74 Å². The van der Waals surface area contributed by atoms with Crippen molar-refractivity contribution >= 4 is 15.9 Å². The molecule has 0 bridgehead atoms. The van der Waals surface area contributed by atoms with Crippen LogP contribution in [0.1, 0.15) is 24.3 Å². The molecule has 1 aliphatic rings. The van der Waals surface area contributed by atoms with Gasteiger partial charge in [-0.2, -0.15) is 0 Å². The summed E-state index contributed by atoms with van der Waals surface area (Å²) in [6.07, 6.45) is 2.22. The number of nitrogens with two attached hydrogens (primary N) is 1. The van der Waals surface area contributed by atoms with Gasteiger partial charge in [0, 0.05) is 4.47 Å². The maximum absolute atomic E-state index is 5.77. The molecule has 0 amide bonds. The summed E-state index contributed by atoms with van der Waals surface area (Å²) in [6, 6.07) is 6.16. The normalized spacial score (nSPS) is 20.9. The van der Waals surface area contributed by atoms with Gasteiger partial charge in [-0.1, -0.05) is 15.9 Å². The summed E-state index contributed by atoms with van der Waals surface area (Å²) in [5.74, 6) is 1.45. The molecule has 0 fully saturated rings. The molecule has 1 heterocycles. The smallest absolute Gasteiger partial charge is 0.122 e. The summed E-state index contributed by atoms with van der Waals surface area (Å²) < 4.78 is 6.76. The molecule has 1 aromatic carbocycles. The summed E-state index contributed by atoms with van der Waals surface area (Å²) >= 11 is 3.48. The first-order valence-corrected chi connectivity index (χ1v) is 5.73. The second-order valence-electron chi connectivity index (χ2n) is 3.61. The monoisotopic (exact) mass is 255 g/mol. The molecule has 3 heteroatoms. The average molecular weight is 256 g/mol. The van der Waals surface area contributed by atoms with E-state index in [0.29, 0.717) is 12.5 Å². The third-order valence-corrected chi connectivity index (χ3v) is 3.14. The van der Waals surface area contributed by atoms with Crippen LogP contribution in [0.25, 0.3) is 0 Å². The second kappa shape index (κ2) is 4.32. The van der Waals surface area contributed by atoms with Crippen LogP contribution in [-0.2, 0) is 0 Å². The highest BCUT2D eigenvalue weighted by Gasteiger charge is 2.18. The Bertz CT molecular complexity index is 327. The lowest BCUT2D eigenvalue weighted by Crippen LogP contribution is -2.11. The molecule has 0 radical (unpaired) electrons. The highest BCUT2D eigenvalue weighted by atomic mass is 79.9. The van der Waals surface area contributed by atoms with Gasteiger partial charge in [0.2, 0.25) is 0 Å². The Kier molecular flexibility index (Phi) is 3.08. The first-order valence-electron chi connectivity index (χ1n) is 4.93. The van der Waals surface area contributed by atoms with Crippen LogP contribution in [0, 0.1) is 0 Å². The number of ether oxygens (including phenoxy) is 1. The molecule has 2 nitrogen and oxygen atoms in total. The molecule has 0 spiro atoms. The topological polar surface area (TPSA) is 35.2 Å². The minimum absolute atomic E-state index is 0.449. The summed E-state index contributed by atoms with van der Waals surface area (Å²) in [6.45, 7) is 1.51. The van der Waals surface area contributed by atoms with Gasteiger partial charge >= 0.3 is 0 Å². The van der Waals surface area contributed by atoms with E-state index in [1.807, 2.05) is 12.1 Å². The lowest BCUT2D eigenvalue weighted by Gasteiger charge is -2.14. The molecule has 0 aromatic heterocycles. The van der Waals surface area contributed by atoms with Crippen molar-refractivity contribution in [1.29, 1.82) is 0 Å². The van der Waals surface area contributed by atoms with Crippen LogP contribution in [0.5, 0.6) is 5.75 Å². The van der Waals surface area contributed by atoms with Crippen LogP contribution in [-0.4, -0.2) is 13.2 Å². The lowest BCUT2D eigenvalue weighted by atomic mass is 9.95. The number of benzene rings is 1. The van der Waals surface area contributed by atoms with Gasteiger partial charge in [-0.05, 0) is 49.1 Å². The Hall–Kier alpha value is -0.540. The molecule has 0 saturated heterocycles. The van der Waals surface area contributed by atoms with Gasteiger partial charge in [-0.3, -0.25) is 0 Å². The van der Waals surface area contributed by atoms with E-state index in [0.717, 1.165) is 29.7 Å². The zero-order valence-corrected chi connectivity index (χ0v) is 9.59. The van der Waals surface area contributed by atoms with Crippen LogP contribution in [0.3, 0.4) is 0 Å². The molecule has 0 saturated carbocycles. The van der Waals surface area contributed by atoms with Gasteiger partial charge in [0.25, 0.3) is 0 Å². The van der Waals surface area contributed by atoms with E-state index in [9.17, 15) is 0 Å². The largest absolute Gasteiger partial charge is 0.493 e. The average Bonchev–Trinajstić information content (AvgIpc) is 2.39. The standard InChI is InChI=1S/C11H14BrNO/c12-9-3-4-11-10(6-9)8(7-13)2-1-5-14-11/h3-4,6,8H,1-2,5,7,13H2. The highest BCUT2D eigenvalue weighted by molar-refractivity contribution is 9.10. The van der Waals surface area contributed by atoms with Gasteiger partial charge < -0.3 is 10.5 Å². The zero-order chi connectivity index (χ0) is 9.97. The first kappa shape index (κ1) is 9.99. The third-order valence-electron chi connectivity index (χ3n) is 2.65. The Morgan fingerprint density at radius 2 is 2.36 bits per heavy atom. The van der Waals surface area contributed by atoms with E-state index in [1.165, 1.54) is 5.56 Å². The number of hydrogen-bond donors (Lipinski definition) is 1. The molecule has 76 valence electrons. The molecule has 1 unspecified atom stereocenters. The van der Waals surface area contributed by atoms with E-state index in [1.54, 1.807) is 0 Å². The number of halogens is 1. The predicted octanol–water partition coefficient (Wildman–Crippen LogP) is 2.66. The maximum atomic E-state index is 5.77. The molecule has 1 aliphatic heterocycles. The van der Waals surface area contributed by atoms with Crippen molar-refractivity contribution in [2.75, 3.05) is 13.2 Å². The highest BCUT2D eigenvalue weighted by Crippen LogP contribution is 2.34. The van der Waals surface area contributed by atoms with Crippen LogP contribution in [0.4, 0.5) is 0 Å². The number of hydrogen-bond acceptors (Lipinski definition) is 2. The van der Waals surface area contributed by atoms with E-state index >= 15 is 0 Å². The Labute approximate surface area is 92.6 Å². The zero-order valence-electron chi connectivity index (χ0n) is 8.00. The molecule has 1 aromatic rings. The van der Waals surface area contributed by atoms with E-state index in [-0.39, 0.29) is 0 Å². The Balaban J connectivity index is 2.40. The van der Waals surface area contributed by atoms with Crippen molar-refractivity contribution in [2.45, 2.75) is 18.8 Å². The van der Waals surface area contributed by atoms with Crippen LogP contribution < -0.4 is 10.5 Å². The summed E-state index contributed by atoms with van der Waals surface area (Å²) in [7, 11) is 0. The summed E-state index contributed by atoms with van der Waals surface area (Å²) in [5, 5.41) is 0. The molecular weight excluding hydrogens is 242 g/mol. The fourth-order valence-corrected chi connectivity index (χ4v) is 2.26. The van der Waals surface area contributed by atoms with Crippen molar-refractivity contribution in [3.63, 3.8) is 0 Å². The van der Waals surface area contributed by atoms with Gasteiger partial charge in [0.1, 0.15) is 5.75 Å². The minimum Gasteiger partial charge on any atom is -0.493 e. The van der Waals surface area contributed by atoms with Gasteiger partial charge in [0.05, 0.1) is 6.61 Å². The van der Waals surface area contributed by atoms with E-state index in [4.69, 9.17) is 10.5 Å². The molecular formula is C11H14BrNO. The number of rotatable bonds is 1. The Morgan fingerprint density at radius 1 is 1.50 bits per heavy atom. The van der Waals surface area contributed by atoms with Gasteiger partial charge in [-0.25, -0.2) is 0 Å². The fraction of sp³-hybridized carbons (Fsp3) is 0.455. The van der Waals surface area contributed by atoms with Crippen molar-refractivity contribution in [3.8, 4) is 5.75 Å². The predicted molar refractivity (Wildman–Crippen MR) is 60.7 cm³/mol.